The number of carbonyl (C=O) groups excluding carboxylic acids is 1. The average molecular weight is 456 g/mol. The summed E-state index contributed by atoms with van der Waals surface area (Å²) in [6, 6.07) is 20.2. The van der Waals surface area contributed by atoms with Crippen molar-refractivity contribution in [3.63, 3.8) is 0 Å². The molecule has 0 atom stereocenters. The van der Waals surface area contributed by atoms with Crippen molar-refractivity contribution in [1.29, 1.82) is 0 Å². The number of ether oxygens (including phenoxy) is 1. The summed E-state index contributed by atoms with van der Waals surface area (Å²) in [7, 11) is 3.73. The van der Waals surface area contributed by atoms with Crippen molar-refractivity contribution in [2.24, 2.45) is 7.05 Å². The number of para-hydroxylation sites is 1. The number of hydrogen-bond acceptors (Lipinski definition) is 5. The second-order valence-corrected chi connectivity index (χ2v) is 8.72. The SMILES string of the molecule is Cc1nn(C)c2nc(-c3ccccc3)cc(C(=O)N(C)Cc3ccccc3N3CCOCC3)c12. The van der Waals surface area contributed by atoms with Gasteiger partial charge in [0.25, 0.3) is 5.91 Å². The molecule has 2 aromatic carbocycles. The molecule has 1 amide bonds. The van der Waals surface area contributed by atoms with Crippen molar-refractivity contribution < 1.29 is 9.53 Å². The van der Waals surface area contributed by atoms with Crippen LogP contribution in [0.15, 0.2) is 60.7 Å². The highest BCUT2D eigenvalue weighted by molar-refractivity contribution is 6.07. The van der Waals surface area contributed by atoms with Gasteiger partial charge < -0.3 is 14.5 Å². The fourth-order valence-electron chi connectivity index (χ4n) is 4.66. The van der Waals surface area contributed by atoms with Crippen LogP contribution in [-0.4, -0.2) is 58.9 Å². The summed E-state index contributed by atoms with van der Waals surface area (Å²) in [6.45, 7) is 5.60. The Morgan fingerprint density at radius 3 is 2.53 bits per heavy atom. The van der Waals surface area contributed by atoms with Crippen LogP contribution >= 0.6 is 0 Å². The van der Waals surface area contributed by atoms with Crippen LogP contribution in [0, 0.1) is 6.92 Å². The predicted octanol–water partition coefficient (Wildman–Crippen LogP) is 4.05. The molecule has 0 N–H and O–H groups in total. The lowest BCUT2D eigenvalue weighted by Crippen LogP contribution is -2.37. The van der Waals surface area contributed by atoms with Gasteiger partial charge in [0.2, 0.25) is 0 Å². The van der Waals surface area contributed by atoms with Gasteiger partial charge in [0, 0.05) is 45.0 Å². The van der Waals surface area contributed by atoms with Crippen LogP contribution in [0.4, 0.5) is 5.69 Å². The number of aromatic nitrogens is 3. The van der Waals surface area contributed by atoms with Gasteiger partial charge >= 0.3 is 0 Å². The van der Waals surface area contributed by atoms with Crippen molar-refractivity contribution in [2.75, 3.05) is 38.3 Å². The fourth-order valence-corrected chi connectivity index (χ4v) is 4.66. The van der Waals surface area contributed by atoms with Gasteiger partial charge in [-0.3, -0.25) is 9.48 Å². The van der Waals surface area contributed by atoms with Crippen molar-refractivity contribution >= 4 is 22.6 Å². The summed E-state index contributed by atoms with van der Waals surface area (Å²) in [5.74, 6) is -0.0440. The van der Waals surface area contributed by atoms with Crippen molar-refractivity contribution in [1.82, 2.24) is 19.7 Å². The van der Waals surface area contributed by atoms with Crippen LogP contribution in [0.1, 0.15) is 21.6 Å². The van der Waals surface area contributed by atoms with Crippen LogP contribution in [0.25, 0.3) is 22.3 Å². The fraction of sp³-hybridized carbons (Fsp3) is 0.296. The van der Waals surface area contributed by atoms with E-state index in [2.05, 4.69) is 22.1 Å². The second-order valence-electron chi connectivity index (χ2n) is 8.72. The number of rotatable bonds is 5. The van der Waals surface area contributed by atoms with E-state index in [0.29, 0.717) is 17.8 Å². The van der Waals surface area contributed by atoms with Gasteiger partial charge in [-0.1, -0.05) is 48.5 Å². The zero-order valence-corrected chi connectivity index (χ0v) is 19.9. The van der Waals surface area contributed by atoms with E-state index in [1.807, 2.05) is 69.6 Å². The molecule has 174 valence electrons. The van der Waals surface area contributed by atoms with Crippen LogP contribution in [0.5, 0.6) is 0 Å². The van der Waals surface area contributed by atoms with E-state index in [4.69, 9.17) is 9.72 Å². The molecule has 1 aliphatic heterocycles. The molecule has 0 saturated carbocycles. The number of aryl methyl sites for hydroxylation is 2. The van der Waals surface area contributed by atoms with Gasteiger partial charge in [0.15, 0.2) is 5.65 Å². The first-order chi connectivity index (χ1) is 16.5. The lowest BCUT2D eigenvalue weighted by molar-refractivity contribution is 0.0786. The van der Waals surface area contributed by atoms with Gasteiger partial charge in [-0.15, -0.1) is 0 Å². The molecule has 0 aliphatic carbocycles. The number of anilines is 1. The highest BCUT2D eigenvalue weighted by Gasteiger charge is 2.23. The molecule has 4 aromatic rings. The predicted molar refractivity (Wildman–Crippen MR) is 134 cm³/mol. The van der Waals surface area contributed by atoms with Crippen LogP contribution in [0.3, 0.4) is 0 Å². The summed E-state index contributed by atoms with van der Waals surface area (Å²) in [5.41, 5.74) is 6.16. The Morgan fingerprint density at radius 2 is 1.76 bits per heavy atom. The smallest absolute Gasteiger partial charge is 0.254 e. The minimum absolute atomic E-state index is 0.0440. The Morgan fingerprint density at radius 1 is 1.06 bits per heavy atom. The molecule has 0 spiro atoms. The number of benzene rings is 2. The Balaban J connectivity index is 1.51. The third-order valence-corrected chi connectivity index (χ3v) is 6.37. The van der Waals surface area contributed by atoms with E-state index < -0.39 is 0 Å². The maximum Gasteiger partial charge on any atom is 0.254 e. The lowest BCUT2D eigenvalue weighted by atomic mass is 10.0. The standard InChI is InChI=1S/C27H29N5O2/c1-19-25-22(17-23(20-9-5-4-6-10-20)28-26(25)31(3)29-19)27(33)30(2)18-21-11-7-8-12-24(21)32-13-15-34-16-14-32/h4-12,17H,13-16,18H2,1-3H3. The molecule has 3 heterocycles. The van der Waals surface area contributed by atoms with Crippen molar-refractivity contribution in [3.05, 3.63) is 77.5 Å². The molecular weight excluding hydrogens is 426 g/mol. The van der Waals surface area contributed by atoms with Gasteiger partial charge in [0.1, 0.15) is 0 Å². The largest absolute Gasteiger partial charge is 0.378 e. The third-order valence-electron chi connectivity index (χ3n) is 6.37. The van der Waals surface area contributed by atoms with Gasteiger partial charge in [0.05, 0.1) is 35.6 Å². The maximum atomic E-state index is 13.8. The molecule has 5 rings (SSSR count). The zero-order chi connectivity index (χ0) is 23.7. The Hall–Kier alpha value is -3.71. The molecular formula is C27H29N5O2. The van der Waals surface area contributed by atoms with E-state index in [0.717, 1.165) is 59.9 Å². The Bertz CT molecular complexity index is 1330. The Labute approximate surface area is 199 Å². The van der Waals surface area contributed by atoms with Crippen LogP contribution in [-0.2, 0) is 18.3 Å². The number of nitrogens with zero attached hydrogens (tertiary/aromatic N) is 5. The summed E-state index contributed by atoms with van der Waals surface area (Å²) < 4.78 is 7.27. The molecule has 0 radical (unpaired) electrons. The number of morpholine rings is 1. The molecule has 0 unspecified atom stereocenters. The van der Waals surface area contributed by atoms with Crippen molar-refractivity contribution in [3.8, 4) is 11.3 Å². The molecule has 1 aliphatic rings. The van der Waals surface area contributed by atoms with E-state index in [-0.39, 0.29) is 5.91 Å². The summed E-state index contributed by atoms with van der Waals surface area (Å²) in [5, 5.41) is 5.36. The molecule has 7 heteroatoms. The minimum Gasteiger partial charge on any atom is -0.378 e. The number of amides is 1. The normalized spacial score (nSPS) is 13.9. The number of hydrogen-bond donors (Lipinski definition) is 0. The van der Waals surface area contributed by atoms with Gasteiger partial charge in [-0.05, 0) is 24.6 Å². The number of pyridine rings is 1. The summed E-state index contributed by atoms with van der Waals surface area (Å²) in [6.07, 6.45) is 0. The van der Waals surface area contributed by atoms with Crippen LogP contribution in [0.2, 0.25) is 0 Å². The van der Waals surface area contributed by atoms with Crippen LogP contribution < -0.4 is 4.90 Å². The van der Waals surface area contributed by atoms with E-state index in [1.54, 1.807) is 9.58 Å². The molecule has 7 nitrogen and oxygen atoms in total. The second kappa shape index (κ2) is 9.27. The molecule has 34 heavy (non-hydrogen) atoms. The zero-order valence-electron chi connectivity index (χ0n) is 19.9. The minimum atomic E-state index is -0.0440. The first-order valence-corrected chi connectivity index (χ1v) is 11.6. The summed E-state index contributed by atoms with van der Waals surface area (Å²) >= 11 is 0. The first kappa shape index (κ1) is 22.1. The van der Waals surface area contributed by atoms with E-state index in [9.17, 15) is 4.79 Å². The van der Waals surface area contributed by atoms with E-state index in [1.165, 1.54) is 0 Å². The monoisotopic (exact) mass is 455 g/mol. The highest BCUT2D eigenvalue weighted by atomic mass is 16.5. The topological polar surface area (TPSA) is 63.5 Å². The molecule has 2 aromatic heterocycles. The lowest BCUT2D eigenvalue weighted by Gasteiger charge is -2.31. The van der Waals surface area contributed by atoms with Gasteiger partial charge in [-0.2, -0.15) is 5.10 Å². The molecule has 1 fully saturated rings. The van der Waals surface area contributed by atoms with Gasteiger partial charge in [-0.25, -0.2) is 4.98 Å². The average Bonchev–Trinajstić information content (AvgIpc) is 3.17. The van der Waals surface area contributed by atoms with Crippen molar-refractivity contribution in [2.45, 2.75) is 13.5 Å². The summed E-state index contributed by atoms with van der Waals surface area (Å²) in [4.78, 5) is 22.8. The molecule has 1 saturated heterocycles. The number of carbonyl (C=O) groups is 1. The quantitative estimate of drug-likeness (QED) is 0.454. The first-order valence-electron chi connectivity index (χ1n) is 11.6. The maximum absolute atomic E-state index is 13.8. The van der Waals surface area contributed by atoms with E-state index >= 15 is 0 Å². The number of fused-ring (bicyclic) bond motifs is 1. The highest BCUT2D eigenvalue weighted by Crippen LogP contribution is 2.29. The Kier molecular flexibility index (Phi) is 6.02. The molecule has 0 bridgehead atoms. The third kappa shape index (κ3) is 4.15.